The topological polar surface area (TPSA) is 54.6 Å². The van der Waals surface area contributed by atoms with Gasteiger partial charge in [-0.15, -0.1) is 0 Å². The molecule has 1 aromatic heterocycles. The fourth-order valence-electron chi connectivity index (χ4n) is 1.27. The fraction of sp³-hybridized carbons (Fsp3) is 0.143. The summed E-state index contributed by atoms with van der Waals surface area (Å²) in [6.45, 7) is 1.70. The van der Waals surface area contributed by atoms with Gasteiger partial charge < -0.3 is 14.4 Å². The molecule has 1 atom stereocenters. The Kier molecular flexibility index (Phi) is 4.18. The van der Waals surface area contributed by atoms with E-state index in [0.717, 1.165) is 0 Å². The van der Waals surface area contributed by atoms with E-state index in [2.05, 4.69) is 11.8 Å². The Bertz CT molecular complexity index is 595. The monoisotopic (exact) mass is 261 g/mol. The number of benzene rings is 1. The standard InChI is InChI=1S/C14H12FNO3/c1-10(16-17)2-5-12-8-9-14(18-12)19-13-6-3-11(15)4-7-13/h3-4,6-10,16-17H,1H3/t10-/m1/s1. The molecule has 4 nitrogen and oxygen atoms in total. The summed E-state index contributed by atoms with van der Waals surface area (Å²) in [5.41, 5.74) is 2.01. The van der Waals surface area contributed by atoms with Gasteiger partial charge in [0.25, 0.3) is 5.95 Å². The van der Waals surface area contributed by atoms with Crippen molar-refractivity contribution in [1.29, 1.82) is 0 Å². The first kappa shape index (κ1) is 13.1. The molecule has 0 amide bonds. The molecule has 98 valence electrons. The Hall–Kier alpha value is -2.29. The highest BCUT2D eigenvalue weighted by atomic mass is 19.1. The Morgan fingerprint density at radius 1 is 1.26 bits per heavy atom. The van der Waals surface area contributed by atoms with Gasteiger partial charge in [0.05, 0.1) is 6.04 Å². The average Bonchev–Trinajstić information content (AvgIpc) is 2.86. The molecular weight excluding hydrogens is 249 g/mol. The molecule has 0 fully saturated rings. The summed E-state index contributed by atoms with van der Waals surface area (Å²) in [5, 5.41) is 8.60. The summed E-state index contributed by atoms with van der Waals surface area (Å²) in [6, 6.07) is 8.51. The molecule has 0 radical (unpaired) electrons. The summed E-state index contributed by atoms with van der Waals surface area (Å²) in [4.78, 5) is 0. The highest BCUT2D eigenvalue weighted by Crippen LogP contribution is 2.23. The van der Waals surface area contributed by atoms with Crippen LogP contribution < -0.4 is 10.2 Å². The molecule has 2 N–H and O–H groups in total. The molecule has 0 spiro atoms. The maximum atomic E-state index is 12.7. The van der Waals surface area contributed by atoms with Crippen molar-refractivity contribution in [2.24, 2.45) is 0 Å². The number of halogens is 1. The van der Waals surface area contributed by atoms with Crippen molar-refractivity contribution >= 4 is 0 Å². The first-order valence-corrected chi connectivity index (χ1v) is 5.62. The molecule has 2 aromatic rings. The Labute approximate surface area is 109 Å². The van der Waals surface area contributed by atoms with Gasteiger partial charge >= 0.3 is 0 Å². The van der Waals surface area contributed by atoms with Gasteiger partial charge in [0, 0.05) is 6.07 Å². The van der Waals surface area contributed by atoms with Crippen molar-refractivity contribution in [1.82, 2.24) is 5.48 Å². The second-order valence-electron chi connectivity index (χ2n) is 3.79. The van der Waals surface area contributed by atoms with Crippen LogP contribution in [0.1, 0.15) is 12.7 Å². The molecule has 2 rings (SSSR count). The number of hydrogen-bond acceptors (Lipinski definition) is 4. The maximum Gasteiger partial charge on any atom is 0.291 e. The van der Waals surface area contributed by atoms with Gasteiger partial charge in [0.1, 0.15) is 11.6 Å². The van der Waals surface area contributed by atoms with E-state index in [0.29, 0.717) is 11.5 Å². The molecule has 1 aromatic carbocycles. The molecule has 0 aliphatic carbocycles. The smallest absolute Gasteiger partial charge is 0.291 e. The maximum absolute atomic E-state index is 12.7. The van der Waals surface area contributed by atoms with Crippen molar-refractivity contribution < 1.29 is 18.8 Å². The third-order valence-electron chi connectivity index (χ3n) is 2.22. The summed E-state index contributed by atoms with van der Waals surface area (Å²) in [7, 11) is 0. The van der Waals surface area contributed by atoms with Gasteiger partial charge in [0.15, 0.2) is 5.76 Å². The summed E-state index contributed by atoms with van der Waals surface area (Å²) in [6.07, 6.45) is 0. The predicted octanol–water partition coefficient (Wildman–Crippen LogP) is 2.93. The number of hydroxylamine groups is 1. The van der Waals surface area contributed by atoms with E-state index < -0.39 is 0 Å². The summed E-state index contributed by atoms with van der Waals surface area (Å²) in [5.74, 6) is 6.28. The quantitative estimate of drug-likeness (QED) is 0.659. The normalized spacial score (nSPS) is 11.5. The first-order chi connectivity index (χ1) is 9.17. The lowest BCUT2D eigenvalue weighted by Crippen LogP contribution is -2.19. The van der Waals surface area contributed by atoms with E-state index in [1.165, 1.54) is 24.3 Å². The Morgan fingerprint density at radius 2 is 2.00 bits per heavy atom. The van der Waals surface area contributed by atoms with Crippen LogP contribution >= 0.6 is 0 Å². The largest absolute Gasteiger partial charge is 0.426 e. The van der Waals surface area contributed by atoms with E-state index in [-0.39, 0.29) is 17.8 Å². The van der Waals surface area contributed by atoms with Gasteiger partial charge in [-0.25, -0.2) is 4.39 Å². The fourth-order valence-corrected chi connectivity index (χ4v) is 1.27. The van der Waals surface area contributed by atoms with Gasteiger partial charge in [-0.05, 0) is 43.2 Å². The van der Waals surface area contributed by atoms with Crippen LogP contribution in [-0.2, 0) is 0 Å². The zero-order valence-corrected chi connectivity index (χ0v) is 10.2. The average molecular weight is 261 g/mol. The van der Waals surface area contributed by atoms with E-state index in [1.54, 1.807) is 19.1 Å². The molecule has 0 saturated heterocycles. The Balaban J connectivity index is 2.04. The lowest BCUT2D eigenvalue weighted by atomic mass is 10.3. The van der Waals surface area contributed by atoms with Crippen molar-refractivity contribution in [3.8, 4) is 23.5 Å². The highest BCUT2D eigenvalue weighted by molar-refractivity contribution is 5.32. The minimum absolute atomic E-state index is 0.264. The molecule has 0 unspecified atom stereocenters. The predicted molar refractivity (Wildman–Crippen MR) is 66.4 cm³/mol. The van der Waals surface area contributed by atoms with Gasteiger partial charge in [0.2, 0.25) is 0 Å². The number of ether oxygens (including phenoxy) is 1. The molecule has 5 heteroatoms. The molecule has 0 bridgehead atoms. The second kappa shape index (κ2) is 6.05. The molecule has 0 saturated carbocycles. The van der Waals surface area contributed by atoms with E-state index in [4.69, 9.17) is 14.4 Å². The number of hydrogen-bond donors (Lipinski definition) is 2. The minimum Gasteiger partial charge on any atom is -0.426 e. The van der Waals surface area contributed by atoms with Gasteiger partial charge in [-0.3, -0.25) is 0 Å². The third-order valence-corrected chi connectivity index (χ3v) is 2.22. The molecule has 1 heterocycles. The van der Waals surface area contributed by atoms with Gasteiger partial charge in [-0.1, -0.05) is 5.92 Å². The van der Waals surface area contributed by atoms with Crippen molar-refractivity contribution in [3.63, 3.8) is 0 Å². The summed E-state index contributed by atoms with van der Waals surface area (Å²) >= 11 is 0. The van der Waals surface area contributed by atoms with Crippen LogP contribution in [-0.4, -0.2) is 11.2 Å². The van der Waals surface area contributed by atoms with E-state index in [9.17, 15) is 4.39 Å². The minimum atomic E-state index is -0.355. The van der Waals surface area contributed by atoms with Crippen LogP contribution in [0.15, 0.2) is 40.8 Å². The van der Waals surface area contributed by atoms with E-state index in [1.807, 2.05) is 5.48 Å². The van der Waals surface area contributed by atoms with Gasteiger partial charge in [-0.2, -0.15) is 5.48 Å². The molecule has 0 aliphatic rings. The highest BCUT2D eigenvalue weighted by Gasteiger charge is 2.03. The number of furan rings is 1. The van der Waals surface area contributed by atoms with Crippen LogP contribution in [0.2, 0.25) is 0 Å². The molecule has 19 heavy (non-hydrogen) atoms. The van der Waals surface area contributed by atoms with Crippen molar-refractivity contribution in [3.05, 3.63) is 48.0 Å². The van der Waals surface area contributed by atoms with Crippen LogP contribution in [0.5, 0.6) is 11.7 Å². The zero-order valence-electron chi connectivity index (χ0n) is 10.2. The first-order valence-electron chi connectivity index (χ1n) is 5.62. The second-order valence-corrected chi connectivity index (χ2v) is 3.79. The van der Waals surface area contributed by atoms with Crippen molar-refractivity contribution in [2.45, 2.75) is 13.0 Å². The lowest BCUT2D eigenvalue weighted by molar-refractivity contribution is 0.152. The third kappa shape index (κ3) is 3.85. The van der Waals surface area contributed by atoms with Crippen LogP contribution in [0.25, 0.3) is 0 Å². The molecule has 0 aliphatic heterocycles. The lowest BCUT2D eigenvalue weighted by Gasteiger charge is -2.00. The Morgan fingerprint density at radius 3 is 2.68 bits per heavy atom. The van der Waals surface area contributed by atoms with Crippen LogP contribution in [0.3, 0.4) is 0 Å². The SMILES string of the molecule is C[C@H](C#Cc1ccc(Oc2ccc(F)cc2)o1)NO. The van der Waals surface area contributed by atoms with Crippen molar-refractivity contribution in [2.75, 3.05) is 0 Å². The zero-order chi connectivity index (χ0) is 13.7. The van der Waals surface area contributed by atoms with Crippen LogP contribution in [0, 0.1) is 17.7 Å². The van der Waals surface area contributed by atoms with Crippen LogP contribution in [0.4, 0.5) is 4.39 Å². The van der Waals surface area contributed by atoms with E-state index >= 15 is 0 Å². The summed E-state index contributed by atoms with van der Waals surface area (Å²) < 4.78 is 23.4. The number of rotatable bonds is 3. The molecular formula is C14H12FNO3. The number of nitrogens with one attached hydrogen (secondary N) is 1.